The molecule has 6 heteroatoms. The van der Waals surface area contributed by atoms with E-state index in [4.69, 9.17) is 10.5 Å². The Kier molecular flexibility index (Phi) is 6.02. The predicted octanol–water partition coefficient (Wildman–Crippen LogP) is 3.20. The number of carbonyl (C=O) groups is 1. The number of fused-ring (bicyclic) bond motifs is 1. The normalized spacial score (nSPS) is 23.6. The molecule has 0 bridgehead atoms. The van der Waals surface area contributed by atoms with Crippen LogP contribution in [0.25, 0.3) is 0 Å². The van der Waals surface area contributed by atoms with E-state index in [1.807, 2.05) is 48.2 Å². The second kappa shape index (κ2) is 8.28. The van der Waals surface area contributed by atoms with Gasteiger partial charge in [0, 0.05) is 30.4 Å². The molecular weight excluding hydrogens is 362 g/mol. The molecule has 0 radical (unpaired) electrons. The number of benzene rings is 1. The van der Waals surface area contributed by atoms with E-state index in [9.17, 15) is 4.79 Å². The van der Waals surface area contributed by atoms with Crippen LogP contribution in [-0.4, -0.2) is 34.9 Å². The zero-order chi connectivity index (χ0) is 18.1. The number of nitrogens with zero attached hydrogens (tertiary/aromatic N) is 2. The first kappa shape index (κ1) is 19.6. The fourth-order valence-electron chi connectivity index (χ4n) is 4.16. The van der Waals surface area contributed by atoms with Crippen molar-refractivity contribution in [2.75, 3.05) is 13.1 Å². The summed E-state index contributed by atoms with van der Waals surface area (Å²) in [7, 11) is 0. The monoisotopic (exact) mass is 387 g/mol. The van der Waals surface area contributed by atoms with Gasteiger partial charge in [0.15, 0.2) is 0 Å². The number of ether oxygens (including phenoxy) is 1. The van der Waals surface area contributed by atoms with Gasteiger partial charge in [-0.15, -0.1) is 12.4 Å². The van der Waals surface area contributed by atoms with Crippen LogP contribution in [0.2, 0.25) is 0 Å². The van der Waals surface area contributed by atoms with Gasteiger partial charge in [-0.25, -0.2) is 0 Å². The van der Waals surface area contributed by atoms with E-state index in [0.29, 0.717) is 18.4 Å². The van der Waals surface area contributed by atoms with Crippen LogP contribution < -0.4 is 10.5 Å². The van der Waals surface area contributed by atoms with Gasteiger partial charge in [0.05, 0.1) is 6.20 Å². The summed E-state index contributed by atoms with van der Waals surface area (Å²) in [5.41, 5.74) is 8.85. The van der Waals surface area contributed by atoms with Crippen molar-refractivity contribution in [3.8, 4) is 5.75 Å². The van der Waals surface area contributed by atoms with Crippen LogP contribution in [0.1, 0.15) is 34.5 Å². The highest BCUT2D eigenvalue weighted by molar-refractivity contribution is 5.94. The molecule has 4 rings (SSSR count). The van der Waals surface area contributed by atoms with Crippen molar-refractivity contribution in [3.63, 3.8) is 0 Å². The molecule has 1 amide bonds. The molecular formula is C21H26ClN3O2. The molecule has 0 spiro atoms. The van der Waals surface area contributed by atoms with Gasteiger partial charge in [-0.2, -0.15) is 0 Å². The van der Waals surface area contributed by atoms with Crippen molar-refractivity contribution in [2.24, 2.45) is 17.6 Å². The number of hydrogen-bond acceptors (Lipinski definition) is 4. The third-order valence-corrected chi connectivity index (χ3v) is 5.66. The van der Waals surface area contributed by atoms with Crippen LogP contribution in [0.5, 0.6) is 5.75 Å². The van der Waals surface area contributed by atoms with E-state index in [1.165, 1.54) is 0 Å². The second-order valence-electron chi connectivity index (χ2n) is 7.50. The average molecular weight is 388 g/mol. The van der Waals surface area contributed by atoms with Crippen LogP contribution >= 0.6 is 12.4 Å². The van der Waals surface area contributed by atoms with Gasteiger partial charge < -0.3 is 15.4 Å². The Morgan fingerprint density at radius 3 is 2.85 bits per heavy atom. The van der Waals surface area contributed by atoms with Gasteiger partial charge in [-0.05, 0) is 61.4 Å². The van der Waals surface area contributed by atoms with Gasteiger partial charge >= 0.3 is 0 Å². The third kappa shape index (κ3) is 4.25. The molecule has 1 aromatic heterocycles. The highest BCUT2D eigenvalue weighted by Crippen LogP contribution is 2.37. The zero-order valence-electron chi connectivity index (χ0n) is 15.5. The Hall–Kier alpha value is -2.11. The molecule has 2 aliphatic rings. The maximum absolute atomic E-state index is 12.9. The van der Waals surface area contributed by atoms with Gasteiger partial charge in [0.1, 0.15) is 12.4 Å². The van der Waals surface area contributed by atoms with E-state index >= 15 is 0 Å². The largest absolute Gasteiger partial charge is 0.487 e. The molecule has 2 aromatic rings. The third-order valence-electron chi connectivity index (χ3n) is 5.66. The molecule has 3 atom stereocenters. The van der Waals surface area contributed by atoms with E-state index in [2.05, 4.69) is 4.98 Å². The van der Waals surface area contributed by atoms with Crippen molar-refractivity contribution in [1.29, 1.82) is 0 Å². The highest BCUT2D eigenvalue weighted by Gasteiger charge is 2.42. The summed E-state index contributed by atoms with van der Waals surface area (Å²) in [6.07, 6.45) is 3.96. The van der Waals surface area contributed by atoms with E-state index in [-0.39, 0.29) is 24.4 Å². The first-order valence-corrected chi connectivity index (χ1v) is 9.29. The molecule has 1 saturated carbocycles. The summed E-state index contributed by atoms with van der Waals surface area (Å²) < 4.78 is 5.78. The van der Waals surface area contributed by atoms with Crippen molar-refractivity contribution < 1.29 is 9.53 Å². The van der Waals surface area contributed by atoms with E-state index < -0.39 is 0 Å². The lowest BCUT2D eigenvalue weighted by Gasteiger charge is -2.19. The fourth-order valence-corrected chi connectivity index (χ4v) is 4.16. The molecule has 27 heavy (non-hydrogen) atoms. The number of carbonyl (C=O) groups excluding carboxylic acids is 1. The molecule has 2 heterocycles. The van der Waals surface area contributed by atoms with Crippen LogP contribution in [0, 0.1) is 18.8 Å². The lowest BCUT2D eigenvalue weighted by Crippen LogP contribution is -2.33. The summed E-state index contributed by atoms with van der Waals surface area (Å²) >= 11 is 0. The predicted molar refractivity (Wildman–Crippen MR) is 107 cm³/mol. The summed E-state index contributed by atoms with van der Waals surface area (Å²) in [6, 6.07) is 11.8. The van der Waals surface area contributed by atoms with Gasteiger partial charge in [-0.1, -0.05) is 12.1 Å². The molecule has 5 nitrogen and oxygen atoms in total. The van der Waals surface area contributed by atoms with Crippen LogP contribution in [0.3, 0.4) is 0 Å². The quantitative estimate of drug-likeness (QED) is 0.874. The van der Waals surface area contributed by atoms with E-state index in [1.54, 1.807) is 6.20 Å². The number of pyridine rings is 1. The SMILES string of the molecule is Cc1ccc(OCc2cccc(C(=O)N3CC4CCC(N)C4C3)c2)cn1.Cl. The Balaban J connectivity index is 0.00000210. The summed E-state index contributed by atoms with van der Waals surface area (Å²) in [4.78, 5) is 19.1. The number of nitrogens with two attached hydrogens (primary N) is 1. The number of amides is 1. The molecule has 2 fully saturated rings. The molecule has 144 valence electrons. The fraction of sp³-hybridized carbons (Fsp3) is 0.429. The van der Waals surface area contributed by atoms with Gasteiger partial charge in [0.2, 0.25) is 0 Å². The smallest absolute Gasteiger partial charge is 0.253 e. The van der Waals surface area contributed by atoms with E-state index in [0.717, 1.165) is 48.5 Å². The summed E-state index contributed by atoms with van der Waals surface area (Å²) in [5, 5.41) is 0. The standard InChI is InChI=1S/C21H25N3O2.ClH/c1-14-5-7-18(10-23-14)26-13-15-3-2-4-16(9-15)21(25)24-11-17-6-8-20(22)19(17)12-24;/h2-5,7,9-10,17,19-20H,6,8,11-13,22H2,1H3;1H. The Labute approximate surface area is 166 Å². The molecule has 1 aliphatic carbocycles. The number of aromatic nitrogens is 1. The number of rotatable bonds is 4. The molecule has 1 aromatic carbocycles. The molecule has 1 saturated heterocycles. The van der Waals surface area contributed by atoms with Crippen LogP contribution in [0.15, 0.2) is 42.6 Å². The lowest BCUT2D eigenvalue weighted by atomic mass is 9.98. The van der Waals surface area contributed by atoms with Crippen molar-refractivity contribution in [2.45, 2.75) is 32.4 Å². The van der Waals surface area contributed by atoms with Crippen LogP contribution in [-0.2, 0) is 6.61 Å². The Bertz CT molecular complexity index is 796. The summed E-state index contributed by atoms with van der Waals surface area (Å²) in [6.45, 7) is 3.99. The number of halogens is 1. The molecule has 3 unspecified atom stereocenters. The average Bonchev–Trinajstić information content (AvgIpc) is 3.23. The minimum atomic E-state index is 0. The van der Waals surface area contributed by atoms with Gasteiger partial charge in [-0.3, -0.25) is 9.78 Å². The van der Waals surface area contributed by atoms with Crippen LogP contribution in [0.4, 0.5) is 0 Å². The number of aryl methyl sites for hydroxylation is 1. The zero-order valence-corrected chi connectivity index (χ0v) is 16.3. The minimum Gasteiger partial charge on any atom is -0.487 e. The number of likely N-dealkylation sites (tertiary alicyclic amines) is 1. The van der Waals surface area contributed by atoms with Crippen molar-refractivity contribution in [3.05, 3.63) is 59.4 Å². The van der Waals surface area contributed by atoms with Crippen molar-refractivity contribution >= 4 is 18.3 Å². The molecule has 1 aliphatic heterocycles. The second-order valence-corrected chi connectivity index (χ2v) is 7.50. The summed E-state index contributed by atoms with van der Waals surface area (Å²) in [5.74, 6) is 1.88. The topological polar surface area (TPSA) is 68.5 Å². The maximum Gasteiger partial charge on any atom is 0.253 e. The Morgan fingerprint density at radius 2 is 2.11 bits per heavy atom. The minimum absolute atomic E-state index is 0. The first-order chi connectivity index (χ1) is 12.6. The maximum atomic E-state index is 12.9. The first-order valence-electron chi connectivity index (χ1n) is 9.29. The van der Waals surface area contributed by atoms with Gasteiger partial charge in [0.25, 0.3) is 5.91 Å². The number of hydrogen-bond donors (Lipinski definition) is 1. The van der Waals surface area contributed by atoms with Crippen molar-refractivity contribution in [1.82, 2.24) is 9.88 Å². The molecule has 2 N–H and O–H groups in total. The Morgan fingerprint density at radius 1 is 1.26 bits per heavy atom. The lowest BCUT2D eigenvalue weighted by molar-refractivity contribution is 0.0779. The highest BCUT2D eigenvalue weighted by atomic mass is 35.5.